The van der Waals surface area contributed by atoms with Crippen LogP contribution in [-0.4, -0.2) is 153 Å². The van der Waals surface area contributed by atoms with Gasteiger partial charge in [0.05, 0.1) is 65.3 Å². The van der Waals surface area contributed by atoms with Gasteiger partial charge >= 0.3 is 41.0 Å². The number of aromatic carboxylic acids is 1. The van der Waals surface area contributed by atoms with E-state index >= 15 is 0 Å². The van der Waals surface area contributed by atoms with Crippen molar-refractivity contribution >= 4 is 81.0 Å². The predicted octanol–water partition coefficient (Wildman–Crippen LogP) is 23.9. The van der Waals surface area contributed by atoms with Gasteiger partial charge in [-0.15, -0.1) is 12.4 Å². The number of amides is 1. The van der Waals surface area contributed by atoms with Crippen molar-refractivity contribution in [2.75, 3.05) is 41.5 Å². The number of H-pyrrole nitrogens is 1. The van der Waals surface area contributed by atoms with Crippen LogP contribution in [0.15, 0.2) is 467 Å². The number of hydrogen-bond donors (Lipinski definition) is 3. The largest absolute Gasteiger partial charge is 2.00 e. The summed E-state index contributed by atoms with van der Waals surface area (Å²) in [6, 6.07) is 135. The number of imidazole rings is 5. The number of aromatic nitrogens is 10. The number of nitrogens with zero attached hydrogens (tertiary/aromatic N) is 10. The van der Waals surface area contributed by atoms with Crippen LogP contribution >= 0.6 is 28.3 Å². The SMILES string of the molecule is CCOC(=O)c1cn(C(c2ccccc2)(c2ccccc2)c2ccccc2)cn1.CCOC(=O)c1cnc[nH]1.CNOC.CON(C)C(=O)c1cn(C(c2ccccc2)(c2ccccc2)c2ccccc2)cn1.Cc1cccc(Br)c1C.Cc1cccc(C(=O)c2cn(C(c3ccccc3)(c3ccccc3)c3ccccc3)cn2)c1C.Cl.O=C(O)c1cn(C(c2ccccc2)(c2ccccc2)c2ccccc2)cn1.[H-].[H-].[Mg+2]. The number of hydroxylamine groups is 3. The summed E-state index contributed by atoms with van der Waals surface area (Å²) in [6.45, 7) is 12.5. The maximum atomic E-state index is 13.5. The zero-order valence-electron chi connectivity index (χ0n) is 84.4. The molecule has 19 aromatic rings. The van der Waals surface area contributed by atoms with Gasteiger partial charge in [0.2, 0.25) is 5.78 Å². The quantitative estimate of drug-likeness (QED) is 0.0150. The van der Waals surface area contributed by atoms with Crippen molar-refractivity contribution in [2.24, 2.45) is 0 Å². The van der Waals surface area contributed by atoms with Gasteiger partial charge in [-0.3, -0.25) is 14.4 Å². The summed E-state index contributed by atoms with van der Waals surface area (Å²) in [7, 11) is 6.30. The number of carboxylic acids is 1. The Morgan fingerprint density at radius 1 is 0.372 bits per heavy atom. The van der Waals surface area contributed by atoms with Crippen LogP contribution in [0, 0.1) is 27.7 Å². The first-order valence-corrected chi connectivity index (χ1v) is 47.3. The van der Waals surface area contributed by atoms with Crippen molar-refractivity contribution in [3.63, 3.8) is 0 Å². The third-order valence-corrected chi connectivity index (χ3v) is 25.3. The van der Waals surface area contributed by atoms with Crippen LogP contribution in [0.4, 0.5) is 0 Å². The van der Waals surface area contributed by atoms with Crippen LogP contribution in [0.2, 0.25) is 0 Å². The van der Waals surface area contributed by atoms with Crippen LogP contribution in [0.5, 0.6) is 0 Å². The van der Waals surface area contributed by atoms with Crippen molar-refractivity contribution in [3.8, 4) is 0 Å². The number of aryl methyl sites for hydroxylation is 2. The molecular formula is C120H116BrClMgN12O10. The van der Waals surface area contributed by atoms with Gasteiger partial charge in [0.1, 0.15) is 39.2 Å². The molecule has 22 nitrogen and oxygen atoms in total. The average Bonchev–Trinajstić information content (AvgIpc) is 1.71. The Bertz CT molecular complexity index is 6800. The number of nitrogens with one attached hydrogen (secondary N) is 2. The van der Waals surface area contributed by atoms with Crippen LogP contribution < -0.4 is 5.48 Å². The zero-order chi connectivity index (χ0) is 101. The van der Waals surface area contributed by atoms with E-state index in [1.165, 1.54) is 40.3 Å². The summed E-state index contributed by atoms with van der Waals surface area (Å²) >= 11 is 3.45. The number of ether oxygens (including phenoxy) is 2. The summed E-state index contributed by atoms with van der Waals surface area (Å²) < 4.78 is 19.0. The molecule has 5 heterocycles. The van der Waals surface area contributed by atoms with Crippen molar-refractivity contribution in [3.05, 3.63) is 591 Å². The van der Waals surface area contributed by atoms with Crippen molar-refractivity contribution in [2.45, 2.75) is 63.7 Å². The average molecular weight is 2030 g/mol. The maximum absolute atomic E-state index is 13.5. The number of hydrogen-bond acceptors (Lipinski definition) is 15. The van der Waals surface area contributed by atoms with Gasteiger partial charge in [-0.25, -0.2) is 49.8 Å². The van der Waals surface area contributed by atoms with Crippen molar-refractivity contribution < 1.29 is 51.1 Å². The molecule has 0 atom stereocenters. The number of benzene rings is 14. The summed E-state index contributed by atoms with van der Waals surface area (Å²) in [4.78, 5) is 93.9. The summed E-state index contributed by atoms with van der Waals surface area (Å²) in [6.07, 6.45) is 16.7. The number of halogens is 2. The molecule has 0 saturated carbocycles. The molecule has 145 heavy (non-hydrogen) atoms. The van der Waals surface area contributed by atoms with Gasteiger partial charge in [0, 0.05) is 48.9 Å². The first-order valence-electron chi connectivity index (χ1n) is 46.5. The Labute approximate surface area is 880 Å². The molecule has 0 fully saturated rings. The second-order valence-electron chi connectivity index (χ2n) is 32.8. The molecule has 0 radical (unpaired) electrons. The van der Waals surface area contributed by atoms with Crippen LogP contribution in [-0.2, 0) is 41.3 Å². The van der Waals surface area contributed by atoms with E-state index in [9.17, 15) is 29.1 Å². The number of carbonyl (C=O) groups is 5. The minimum absolute atomic E-state index is 0. The molecule has 25 heteroatoms. The molecule has 14 aromatic carbocycles. The molecule has 0 aliphatic rings. The van der Waals surface area contributed by atoms with Crippen molar-refractivity contribution in [1.29, 1.82) is 0 Å². The van der Waals surface area contributed by atoms with E-state index in [4.69, 9.17) is 9.57 Å². The summed E-state index contributed by atoms with van der Waals surface area (Å²) in [5.74, 6) is -2.20. The van der Waals surface area contributed by atoms with Gasteiger partial charge in [0.25, 0.3) is 5.91 Å². The van der Waals surface area contributed by atoms with Gasteiger partial charge in [-0.05, 0) is 137 Å². The molecule has 19 rings (SSSR count). The minimum atomic E-state index is -1.04. The Kier molecular flexibility index (Phi) is 40.6. The predicted molar refractivity (Wildman–Crippen MR) is 578 cm³/mol. The second kappa shape index (κ2) is 53.8. The van der Waals surface area contributed by atoms with E-state index in [2.05, 4.69) is 273 Å². The molecule has 0 unspecified atom stereocenters. The van der Waals surface area contributed by atoms with E-state index < -0.39 is 34.1 Å². The van der Waals surface area contributed by atoms with Crippen LogP contribution in [0.25, 0.3) is 0 Å². The number of ketones is 1. The molecular weight excluding hydrogens is 1910 g/mol. The van der Waals surface area contributed by atoms with Crippen LogP contribution in [0.3, 0.4) is 0 Å². The number of carboxylic acid groups (broad SMARTS) is 1. The standard InChI is InChI=1S/C31H26N2O.C25H23N3O2.C25H22N2O2.C23H18N2O2.C8H9Br.C6H8N2O2.C2H7NO.ClH.Mg.2H/c1-23-13-12-20-28(24(23)2)30(34)29-21-33(22-32-29)31(25-14-6-3-7-15-25,26-16-8-4-9-17-26)27-18-10-5-11-19-27;1-27(30-2)24(29)23-18-28(19-26-23)25(20-12-6-3-7-13-20,21-14-8-4-9-15-21)22-16-10-5-11-17-22;1-2-29-24(28)23-18-27(19-26-23)25(20-12-6-3-7-13-20,21-14-8-4-9-15-21)22-16-10-5-11-17-22;26-22(27)21-16-25(17-24-21)23(18-10-4-1-5-11-18,19-12-6-2-7-13-19)20-14-8-3-9-15-20;1-6-4-3-5-8(9)7(6)2;1-2-10-6(9)5-3-7-4-8-5;1-3-4-2;;;;/h3-22H,1-2H3;3-19H,1-2H3;3-19H,2H2,1H3;1-17H,(H,26,27);3-5H,1-2H3;3-4H,2H2,1H3,(H,7,8);3H,1-2H3;1H;;;/q;;;;;;;;+2;2*-1. The van der Waals surface area contributed by atoms with Gasteiger partial charge < -0.3 is 45.5 Å². The van der Waals surface area contributed by atoms with Crippen molar-refractivity contribution in [1.82, 2.24) is 58.7 Å². The molecule has 0 aliphatic heterocycles. The van der Waals surface area contributed by atoms with E-state index in [1.807, 2.05) is 240 Å². The Hall–Kier alpha value is -15.9. The molecule has 3 N–H and O–H groups in total. The van der Waals surface area contributed by atoms with E-state index in [0.29, 0.717) is 41.6 Å². The van der Waals surface area contributed by atoms with E-state index in [0.717, 1.165) is 77.9 Å². The normalized spacial score (nSPS) is 10.8. The topological polar surface area (TPSA) is 258 Å². The Balaban J connectivity index is 0.000000201. The molecule has 5 aromatic heterocycles. The monoisotopic (exact) mass is 2020 g/mol. The summed E-state index contributed by atoms with van der Waals surface area (Å²) in [5.41, 5.74) is 19.3. The molecule has 0 aliphatic carbocycles. The number of aromatic amines is 1. The third-order valence-electron chi connectivity index (χ3n) is 24.5. The van der Waals surface area contributed by atoms with Crippen LogP contribution in [0.1, 0.15) is 164 Å². The molecule has 0 bridgehead atoms. The molecule has 732 valence electrons. The van der Waals surface area contributed by atoms with E-state index in [1.54, 1.807) is 79.0 Å². The Morgan fingerprint density at radius 3 is 0.883 bits per heavy atom. The van der Waals surface area contributed by atoms with Gasteiger partial charge in [-0.1, -0.05) is 410 Å². The third kappa shape index (κ3) is 25.2. The molecule has 1 amide bonds. The summed E-state index contributed by atoms with van der Waals surface area (Å²) in [5, 5.41) is 10.6. The number of esters is 2. The zero-order valence-corrected chi connectivity index (χ0v) is 86.2. The van der Waals surface area contributed by atoms with E-state index in [-0.39, 0.29) is 61.7 Å². The first kappa shape index (κ1) is 109. The molecule has 0 spiro atoms. The number of carbonyl (C=O) groups excluding carboxylic acids is 4. The van der Waals surface area contributed by atoms with Gasteiger partial charge in [0.15, 0.2) is 11.4 Å². The fourth-order valence-corrected chi connectivity index (χ4v) is 17.8. The maximum Gasteiger partial charge on any atom is 2.00 e. The fraction of sp³-hybridized carbons (Fsp3) is 0.133. The fourth-order valence-electron chi connectivity index (χ4n) is 17.3. The number of rotatable bonds is 26. The first-order chi connectivity index (χ1) is 69.8. The Morgan fingerprint density at radius 2 is 0.628 bits per heavy atom. The smallest absolute Gasteiger partial charge is 1.00 e. The second-order valence-corrected chi connectivity index (χ2v) is 33.6. The van der Waals surface area contributed by atoms with Gasteiger partial charge in [-0.2, -0.15) is 0 Å². The molecule has 0 saturated heterocycles. The minimum Gasteiger partial charge on any atom is -1.00 e.